The van der Waals surface area contributed by atoms with E-state index in [0.29, 0.717) is 11.6 Å². The monoisotopic (exact) mass is 376 g/mol. The molecule has 144 valence electrons. The summed E-state index contributed by atoms with van der Waals surface area (Å²) in [5, 5.41) is 4.55. The number of halogens is 1. The molecule has 3 nitrogen and oxygen atoms in total. The van der Waals surface area contributed by atoms with Crippen molar-refractivity contribution in [1.29, 1.82) is 0 Å². The van der Waals surface area contributed by atoms with Gasteiger partial charge in [-0.25, -0.2) is 4.39 Å². The number of Topliss-reactive ketones (excluding diaryl/α,β-unsaturated/α-hetero) is 1. The number of rotatable bonds is 4. The van der Waals surface area contributed by atoms with Gasteiger partial charge in [0.05, 0.1) is 16.8 Å². The van der Waals surface area contributed by atoms with E-state index in [-0.39, 0.29) is 11.6 Å². The van der Waals surface area contributed by atoms with Crippen molar-refractivity contribution < 1.29 is 9.18 Å². The molecular formula is C24H25FN2O. The smallest absolute Gasteiger partial charge is 0.163 e. The fourth-order valence-electron chi connectivity index (χ4n) is 4.15. The lowest BCUT2D eigenvalue weighted by atomic mass is 9.94. The molecule has 0 amide bonds. The first-order chi connectivity index (χ1) is 13.5. The minimum atomic E-state index is -0.244. The Morgan fingerprint density at radius 1 is 1.07 bits per heavy atom. The van der Waals surface area contributed by atoms with Gasteiger partial charge in [-0.15, -0.1) is 0 Å². The zero-order chi connectivity index (χ0) is 19.7. The predicted molar refractivity (Wildman–Crippen MR) is 112 cm³/mol. The number of anilines is 1. The van der Waals surface area contributed by atoms with Crippen molar-refractivity contribution in [2.45, 2.75) is 52.0 Å². The minimum absolute atomic E-state index is 0.000266. The largest absolute Gasteiger partial charge is 0.381 e. The van der Waals surface area contributed by atoms with Crippen LogP contribution >= 0.6 is 0 Å². The zero-order valence-electron chi connectivity index (χ0n) is 16.4. The molecule has 1 aliphatic rings. The summed E-state index contributed by atoms with van der Waals surface area (Å²) in [4.78, 5) is 16.8. The van der Waals surface area contributed by atoms with Crippen molar-refractivity contribution in [3.8, 4) is 11.1 Å². The van der Waals surface area contributed by atoms with Crippen LogP contribution in [0.4, 0.5) is 10.1 Å². The first-order valence-corrected chi connectivity index (χ1v) is 9.99. The Morgan fingerprint density at radius 3 is 2.57 bits per heavy atom. The van der Waals surface area contributed by atoms with Gasteiger partial charge in [0.1, 0.15) is 5.82 Å². The van der Waals surface area contributed by atoms with Gasteiger partial charge in [-0.1, -0.05) is 31.4 Å². The van der Waals surface area contributed by atoms with Gasteiger partial charge in [0.15, 0.2) is 5.78 Å². The van der Waals surface area contributed by atoms with Crippen LogP contribution in [0.3, 0.4) is 0 Å². The van der Waals surface area contributed by atoms with Crippen LogP contribution in [-0.2, 0) is 0 Å². The third-order valence-corrected chi connectivity index (χ3v) is 5.58. The third kappa shape index (κ3) is 3.77. The summed E-state index contributed by atoms with van der Waals surface area (Å²) in [6.07, 6.45) is 7.60. The SMILES string of the molecule is CC(=O)c1cnc2ccc(-c3cc(C)cc(F)c3)cc2c1NC1CCCCC1. The number of aryl methyl sites for hydroxylation is 1. The van der Waals surface area contributed by atoms with E-state index < -0.39 is 0 Å². The molecule has 1 aliphatic carbocycles. The maximum Gasteiger partial charge on any atom is 0.163 e. The molecule has 28 heavy (non-hydrogen) atoms. The molecule has 0 atom stereocenters. The highest BCUT2D eigenvalue weighted by molar-refractivity contribution is 6.07. The van der Waals surface area contributed by atoms with E-state index in [1.807, 2.05) is 31.2 Å². The van der Waals surface area contributed by atoms with Crippen LogP contribution in [0.25, 0.3) is 22.0 Å². The lowest BCUT2D eigenvalue weighted by Crippen LogP contribution is -2.23. The third-order valence-electron chi connectivity index (χ3n) is 5.58. The molecule has 1 aromatic heterocycles. The van der Waals surface area contributed by atoms with Gasteiger partial charge in [0.25, 0.3) is 0 Å². The molecule has 1 saturated carbocycles. The number of aromatic nitrogens is 1. The lowest BCUT2D eigenvalue weighted by molar-refractivity contribution is 0.101. The summed E-state index contributed by atoms with van der Waals surface area (Å²) in [7, 11) is 0. The van der Waals surface area contributed by atoms with Gasteiger partial charge < -0.3 is 5.32 Å². The van der Waals surface area contributed by atoms with Crippen LogP contribution in [0.2, 0.25) is 0 Å². The van der Waals surface area contributed by atoms with E-state index in [0.717, 1.165) is 46.1 Å². The summed E-state index contributed by atoms with van der Waals surface area (Å²) in [6.45, 7) is 3.47. The fraction of sp³-hybridized carbons (Fsp3) is 0.333. The number of carbonyl (C=O) groups is 1. The molecule has 3 aromatic rings. The summed E-state index contributed by atoms with van der Waals surface area (Å²) >= 11 is 0. The zero-order valence-corrected chi connectivity index (χ0v) is 16.4. The molecule has 1 N–H and O–H groups in total. The summed E-state index contributed by atoms with van der Waals surface area (Å²) < 4.78 is 13.9. The quantitative estimate of drug-likeness (QED) is 0.544. The number of carbonyl (C=O) groups excluding carboxylic acids is 1. The Kier molecular flexibility index (Phi) is 5.12. The fourth-order valence-corrected chi connectivity index (χ4v) is 4.15. The maximum absolute atomic E-state index is 13.9. The average Bonchev–Trinajstić information content (AvgIpc) is 2.67. The highest BCUT2D eigenvalue weighted by Gasteiger charge is 2.19. The maximum atomic E-state index is 13.9. The van der Waals surface area contributed by atoms with E-state index in [1.54, 1.807) is 19.2 Å². The molecule has 1 heterocycles. The normalized spacial score (nSPS) is 15.0. The molecule has 0 bridgehead atoms. The highest BCUT2D eigenvalue weighted by Crippen LogP contribution is 2.33. The molecule has 0 aliphatic heterocycles. The molecule has 4 heteroatoms. The highest BCUT2D eigenvalue weighted by atomic mass is 19.1. The lowest BCUT2D eigenvalue weighted by Gasteiger charge is -2.25. The number of pyridine rings is 1. The van der Waals surface area contributed by atoms with Gasteiger partial charge in [-0.05, 0) is 67.6 Å². The van der Waals surface area contributed by atoms with Crippen molar-refractivity contribution in [1.82, 2.24) is 4.98 Å². The Bertz CT molecular complexity index is 1020. The predicted octanol–water partition coefficient (Wildman–Crippen LogP) is 6.30. The van der Waals surface area contributed by atoms with Crippen molar-refractivity contribution in [3.05, 3.63) is 59.5 Å². The van der Waals surface area contributed by atoms with Crippen LogP contribution in [0.5, 0.6) is 0 Å². The first-order valence-electron chi connectivity index (χ1n) is 9.99. The average molecular weight is 376 g/mol. The molecule has 2 aromatic carbocycles. The minimum Gasteiger partial charge on any atom is -0.381 e. The molecule has 0 spiro atoms. The van der Waals surface area contributed by atoms with Gasteiger partial charge >= 0.3 is 0 Å². The number of benzene rings is 2. The van der Waals surface area contributed by atoms with Crippen molar-refractivity contribution in [2.75, 3.05) is 5.32 Å². The molecule has 0 saturated heterocycles. The Hall–Kier alpha value is -2.75. The van der Waals surface area contributed by atoms with E-state index >= 15 is 0 Å². The molecule has 4 rings (SSSR count). The molecule has 0 unspecified atom stereocenters. The van der Waals surface area contributed by atoms with Gasteiger partial charge in [0.2, 0.25) is 0 Å². The summed E-state index contributed by atoms with van der Waals surface area (Å²) in [5.74, 6) is -0.244. The molecule has 0 radical (unpaired) electrons. The second kappa shape index (κ2) is 7.70. The van der Waals surface area contributed by atoms with Crippen molar-refractivity contribution in [3.63, 3.8) is 0 Å². The second-order valence-electron chi connectivity index (χ2n) is 7.83. The summed E-state index contributed by atoms with van der Waals surface area (Å²) in [6, 6.07) is 11.3. The van der Waals surface area contributed by atoms with Gasteiger partial charge in [0, 0.05) is 17.6 Å². The second-order valence-corrected chi connectivity index (χ2v) is 7.83. The molecule has 1 fully saturated rings. The number of hydrogen-bond donors (Lipinski definition) is 1. The van der Waals surface area contributed by atoms with E-state index in [1.165, 1.54) is 25.3 Å². The van der Waals surface area contributed by atoms with E-state index in [9.17, 15) is 9.18 Å². The molecular weight excluding hydrogens is 351 g/mol. The summed E-state index contributed by atoms with van der Waals surface area (Å²) in [5.41, 5.74) is 4.94. The number of ketones is 1. The Balaban J connectivity index is 1.85. The number of nitrogens with zero attached hydrogens (tertiary/aromatic N) is 1. The number of hydrogen-bond acceptors (Lipinski definition) is 3. The van der Waals surface area contributed by atoms with Crippen molar-refractivity contribution in [2.24, 2.45) is 0 Å². The number of fused-ring (bicyclic) bond motifs is 1. The Morgan fingerprint density at radius 2 is 1.86 bits per heavy atom. The number of nitrogens with one attached hydrogen (secondary N) is 1. The van der Waals surface area contributed by atoms with Crippen LogP contribution in [0.15, 0.2) is 42.6 Å². The van der Waals surface area contributed by atoms with Crippen LogP contribution in [0.1, 0.15) is 54.9 Å². The Labute approximate surface area is 165 Å². The van der Waals surface area contributed by atoms with Crippen LogP contribution in [-0.4, -0.2) is 16.8 Å². The first kappa shape index (κ1) is 18.6. The van der Waals surface area contributed by atoms with E-state index in [4.69, 9.17) is 0 Å². The van der Waals surface area contributed by atoms with Gasteiger partial charge in [-0.2, -0.15) is 0 Å². The van der Waals surface area contributed by atoms with Crippen molar-refractivity contribution >= 4 is 22.4 Å². The topological polar surface area (TPSA) is 42.0 Å². The van der Waals surface area contributed by atoms with Crippen LogP contribution < -0.4 is 5.32 Å². The standard InChI is InChI=1S/C24H25FN2O/c1-15-10-18(12-19(25)11-15)17-8-9-23-21(13-17)24(22(14-26-23)16(2)28)27-20-6-4-3-5-7-20/h8-14,20H,3-7H2,1-2H3,(H,26,27). The van der Waals surface area contributed by atoms with Crippen LogP contribution in [0, 0.1) is 12.7 Å². The van der Waals surface area contributed by atoms with E-state index in [2.05, 4.69) is 10.3 Å². The van der Waals surface area contributed by atoms with Gasteiger partial charge in [-0.3, -0.25) is 9.78 Å².